The molecule has 1 atom stereocenters. The molecule has 0 saturated carbocycles. The van der Waals surface area contributed by atoms with Crippen LogP contribution in [0.5, 0.6) is 0 Å². The van der Waals surface area contributed by atoms with Crippen LogP contribution in [0.2, 0.25) is 0 Å². The molecule has 0 bridgehead atoms. The molecule has 0 radical (unpaired) electrons. The summed E-state index contributed by atoms with van der Waals surface area (Å²) in [7, 11) is 0. The van der Waals surface area contributed by atoms with Crippen molar-refractivity contribution >= 4 is 5.91 Å². The predicted molar refractivity (Wildman–Crippen MR) is 71.9 cm³/mol. The van der Waals surface area contributed by atoms with E-state index in [1.165, 1.54) is 0 Å². The molecule has 0 aliphatic carbocycles. The highest BCUT2D eigenvalue weighted by atomic mass is 16.1. The lowest BCUT2D eigenvalue weighted by Crippen LogP contribution is -2.35. The van der Waals surface area contributed by atoms with Crippen molar-refractivity contribution in [3.05, 3.63) is 0 Å². The predicted octanol–water partition coefficient (Wildman–Crippen LogP) is 1.92. The molecule has 1 unspecified atom stereocenters. The van der Waals surface area contributed by atoms with Crippen LogP contribution < -0.4 is 5.32 Å². The average molecular weight is 251 g/mol. The van der Waals surface area contributed by atoms with E-state index < -0.39 is 0 Å². The van der Waals surface area contributed by atoms with Gasteiger partial charge >= 0.3 is 0 Å². The summed E-state index contributed by atoms with van der Waals surface area (Å²) in [4.78, 5) is 13.4. The first-order chi connectivity index (χ1) is 8.43. The summed E-state index contributed by atoms with van der Waals surface area (Å²) in [5.41, 5.74) is -0.191. The highest BCUT2D eigenvalue weighted by Crippen LogP contribution is 2.22. The number of nitrogens with one attached hydrogen (secondary N) is 1. The quantitative estimate of drug-likeness (QED) is 0.734. The number of carbonyl (C=O) groups is 1. The first-order valence-electron chi connectivity index (χ1n) is 6.84. The molecule has 1 saturated heterocycles. The number of nitrogens with zero attached hydrogens (tertiary/aromatic N) is 2. The Balaban J connectivity index is 2.11. The SMILES string of the molecule is CC(=O)NC1CCN(CCCCC(C)(C)C#N)C1. The van der Waals surface area contributed by atoms with Crippen molar-refractivity contribution in [3.63, 3.8) is 0 Å². The second kappa shape index (κ2) is 6.75. The van der Waals surface area contributed by atoms with Gasteiger partial charge in [-0.05, 0) is 39.7 Å². The van der Waals surface area contributed by atoms with Gasteiger partial charge in [-0.1, -0.05) is 6.42 Å². The molecule has 1 fully saturated rings. The second-order valence-electron chi connectivity index (χ2n) is 5.94. The Morgan fingerprint density at radius 1 is 1.50 bits per heavy atom. The van der Waals surface area contributed by atoms with E-state index in [0.29, 0.717) is 6.04 Å². The fourth-order valence-electron chi connectivity index (χ4n) is 2.40. The summed E-state index contributed by atoms with van der Waals surface area (Å²) in [5, 5.41) is 11.9. The van der Waals surface area contributed by atoms with Gasteiger partial charge in [-0.2, -0.15) is 5.26 Å². The topological polar surface area (TPSA) is 56.1 Å². The van der Waals surface area contributed by atoms with Crippen LogP contribution in [0.1, 0.15) is 46.5 Å². The standard InChI is InChI=1S/C14H25N3O/c1-12(18)16-13-6-9-17(10-13)8-5-4-7-14(2,3)11-15/h13H,4-10H2,1-3H3,(H,16,18). The maximum Gasteiger partial charge on any atom is 0.217 e. The van der Waals surface area contributed by atoms with Crippen molar-refractivity contribution in [3.8, 4) is 6.07 Å². The molecule has 1 aliphatic rings. The average Bonchev–Trinajstić information content (AvgIpc) is 2.71. The lowest BCUT2D eigenvalue weighted by molar-refractivity contribution is -0.119. The number of hydrogen-bond donors (Lipinski definition) is 1. The van der Waals surface area contributed by atoms with E-state index in [4.69, 9.17) is 5.26 Å². The van der Waals surface area contributed by atoms with Crippen LogP contribution in [0, 0.1) is 16.7 Å². The van der Waals surface area contributed by atoms with Gasteiger partial charge in [-0.3, -0.25) is 4.79 Å². The molecule has 0 aromatic heterocycles. The number of rotatable bonds is 6. The van der Waals surface area contributed by atoms with Gasteiger partial charge in [0.2, 0.25) is 5.91 Å². The van der Waals surface area contributed by atoms with E-state index in [-0.39, 0.29) is 11.3 Å². The van der Waals surface area contributed by atoms with Gasteiger partial charge in [-0.25, -0.2) is 0 Å². The van der Waals surface area contributed by atoms with Gasteiger partial charge < -0.3 is 10.2 Å². The van der Waals surface area contributed by atoms with Gasteiger partial charge in [0.25, 0.3) is 0 Å². The lowest BCUT2D eigenvalue weighted by atomic mass is 9.89. The normalized spacial score (nSPS) is 20.7. The molecule has 1 aliphatic heterocycles. The van der Waals surface area contributed by atoms with Gasteiger partial charge in [0.05, 0.1) is 11.5 Å². The minimum Gasteiger partial charge on any atom is -0.352 e. The molecule has 1 heterocycles. The second-order valence-corrected chi connectivity index (χ2v) is 5.94. The Morgan fingerprint density at radius 3 is 2.83 bits per heavy atom. The molecule has 4 heteroatoms. The van der Waals surface area contributed by atoms with Crippen molar-refractivity contribution in [2.45, 2.75) is 52.5 Å². The maximum absolute atomic E-state index is 10.9. The zero-order valence-electron chi connectivity index (χ0n) is 11.8. The zero-order chi connectivity index (χ0) is 13.6. The van der Waals surface area contributed by atoms with Crippen molar-refractivity contribution in [2.24, 2.45) is 5.41 Å². The van der Waals surface area contributed by atoms with Gasteiger partial charge in [0.1, 0.15) is 0 Å². The smallest absolute Gasteiger partial charge is 0.217 e. The Morgan fingerprint density at radius 2 is 2.22 bits per heavy atom. The van der Waals surface area contributed by atoms with Crippen LogP contribution in [0.25, 0.3) is 0 Å². The minimum atomic E-state index is -0.191. The summed E-state index contributed by atoms with van der Waals surface area (Å²) < 4.78 is 0. The van der Waals surface area contributed by atoms with E-state index in [0.717, 1.165) is 45.3 Å². The minimum absolute atomic E-state index is 0.0672. The first kappa shape index (κ1) is 15.0. The van der Waals surface area contributed by atoms with Crippen LogP contribution in [0.15, 0.2) is 0 Å². The highest BCUT2D eigenvalue weighted by molar-refractivity contribution is 5.73. The number of hydrogen-bond acceptors (Lipinski definition) is 3. The Hall–Kier alpha value is -1.08. The third-order valence-corrected chi connectivity index (χ3v) is 3.51. The summed E-state index contributed by atoms with van der Waals surface area (Å²) in [6.07, 6.45) is 4.26. The Kier molecular flexibility index (Phi) is 5.61. The number of amides is 1. The van der Waals surface area contributed by atoms with Crippen LogP contribution in [-0.2, 0) is 4.79 Å². The molecule has 102 valence electrons. The Bertz CT molecular complexity index is 319. The Labute approximate surface area is 110 Å². The van der Waals surface area contributed by atoms with Crippen molar-refractivity contribution < 1.29 is 4.79 Å². The molecule has 18 heavy (non-hydrogen) atoms. The van der Waals surface area contributed by atoms with E-state index in [1.807, 2.05) is 13.8 Å². The zero-order valence-corrected chi connectivity index (χ0v) is 11.8. The van der Waals surface area contributed by atoms with Crippen molar-refractivity contribution in [2.75, 3.05) is 19.6 Å². The largest absolute Gasteiger partial charge is 0.352 e. The third-order valence-electron chi connectivity index (χ3n) is 3.51. The molecule has 4 nitrogen and oxygen atoms in total. The monoisotopic (exact) mass is 251 g/mol. The molecular weight excluding hydrogens is 226 g/mol. The van der Waals surface area contributed by atoms with Gasteiger partial charge in [-0.15, -0.1) is 0 Å². The van der Waals surface area contributed by atoms with E-state index in [9.17, 15) is 4.79 Å². The summed E-state index contributed by atoms with van der Waals surface area (Å²) in [6, 6.07) is 2.67. The highest BCUT2D eigenvalue weighted by Gasteiger charge is 2.22. The number of carbonyl (C=O) groups excluding carboxylic acids is 1. The van der Waals surface area contributed by atoms with Crippen LogP contribution in [0.4, 0.5) is 0 Å². The van der Waals surface area contributed by atoms with Crippen LogP contribution in [-0.4, -0.2) is 36.5 Å². The maximum atomic E-state index is 10.9. The number of likely N-dealkylation sites (tertiary alicyclic amines) is 1. The molecule has 1 amide bonds. The van der Waals surface area contributed by atoms with Gasteiger partial charge in [0.15, 0.2) is 0 Å². The number of unbranched alkanes of at least 4 members (excludes halogenated alkanes) is 1. The van der Waals surface area contributed by atoms with E-state index >= 15 is 0 Å². The summed E-state index contributed by atoms with van der Waals surface area (Å²) in [5.74, 6) is 0.0672. The fraction of sp³-hybridized carbons (Fsp3) is 0.857. The summed E-state index contributed by atoms with van der Waals surface area (Å²) in [6.45, 7) is 8.70. The van der Waals surface area contributed by atoms with Crippen LogP contribution in [0.3, 0.4) is 0 Å². The number of nitriles is 1. The van der Waals surface area contributed by atoms with E-state index in [2.05, 4.69) is 16.3 Å². The molecular formula is C14H25N3O. The van der Waals surface area contributed by atoms with Crippen LogP contribution >= 0.6 is 0 Å². The molecule has 0 aromatic rings. The molecule has 0 spiro atoms. The van der Waals surface area contributed by atoms with Crippen molar-refractivity contribution in [1.82, 2.24) is 10.2 Å². The molecule has 1 N–H and O–H groups in total. The first-order valence-corrected chi connectivity index (χ1v) is 6.84. The third kappa shape index (κ3) is 5.50. The van der Waals surface area contributed by atoms with E-state index in [1.54, 1.807) is 6.92 Å². The van der Waals surface area contributed by atoms with Crippen molar-refractivity contribution in [1.29, 1.82) is 5.26 Å². The molecule has 0 aromatic carbocycles. The lowest BCUT2D eigenvalue weighted by Gasteiger charge is -2.18. The van der Waals surface area contributed by atoms with Gasteiger partial charge in [0, 0.05) is 26.1 Å². The summed E-state index contributed by atoms with van der Waals surface area (Å²) >= 11 is 0. The molecule has 1 rings (SSSR count). The fourth-order valence-corrected chi connectivity index (χ4v) is 2.40.